The average molecular weight is 242 g/mol. The van der Waals surface area contributed by atoms with Gasteiger partial charge in [0.2, 0.25) is 0 Å². The van der Waals surface area contributed by atoms with E-state index in [4.69, 9.17) is 9.47 Å². The minimum atomic E-state index is -0.810. The van der Waals surface area contributed by atoms with Gasteiger partial charge in [-0.3, -0.25) is 0 Å². The van der Waals surface area contributed by atoms with Gasteiger partial charge in [0.05, 0.1) is 6.61 Å². The summed E-state index contributed by atoms with van der Waals surface area (Å²) in [6.07, 6.45) is 0. The first-order chi connectivity index (χ1) is 8.84. The molecule has 92 valence electrons. The van der Waals surface area contributed by atoms with Crippen LogP contribution in [0.1, 0.15) is 5.56 Å². The monoisotopic (exact) mass is 242 g/mol. The second-order valence-electron chi connectivity index (χ2n) is 4.36. The molecular weight excluding hydrogens is 228 g/mol. The van der Waals surface area contributed by atoms with Crippen molar-refractivity contribution in [3.63, 3.8) is 0 Å². The maximum atomic E-state index is 9.72. The number of hydrogen-bond acceptors (Lipinski definition) is 3. The van der Waals surface area contributed by atoms with Crippen molar-refractivity contribution in [3.8, 4) is 11.5 Å². The zero-order chi connectivity index (χ0) is 12.4. The van der Waals surface area contributed by atoms with Crippen molar-refractivity contribution in [1.29, 1.82) is 0 Å². The highest BCUT2D eigenvalue weighted by molar-refractivity contribution is 5.43. The van der Waals surface area contributed by atoms with Crippen LogP contribution in [0.2, 0.25) is 0 Å². The van der Waals surface area contributed by atoms with Crippen LogP contribution in [0.3, 0.4) is 0 Å². The van der Waals surface area contributed by atoms with Gasteiger partial charge in [-0.05, 0) is 12.1 Å². The summed E-state index contributed by atoms with van der Waals surface area (Å²) >= 11 is 0. The molecule has 0 bridgehead atoms. The smallest absolute Gasteiger partial charge is 0.191 e. The molecule has 3 rings (SSSR count). The van der Waals surface area contributed by atoms with E-state index in [-0.39, 0.29) is 6.61 Å². The van der Waals surface area contributed by atoms with Gasteiger partial charge in [0.15, 0.2) is 17.1 Å². The molecule has 0 spiro atoms. The van der Waals surface area contributed by atoms with E-state index >= 15 is 0 Å². The van der Waals surface area contributed by atoms with Gasteiger partial charge in [-0.15, -0.1) is 0 Å². The van der Waals surface area contributed by atoms with E-state index in [0.717, 1.165) is 11.3 Å². The van der Waals surface area contributed by atoms with Crippen molar-refractivity contribution in [2.75, 3.05) is 13.2 Å². The third kappa shape index (κ3) is 1.73. The van der Waals surface area contributed by atoms with Crippen LogP contribution in [0.25, 0.3) is 0 Å². The molecule has 0 fully saturated rings. The molecule has 2 aromatic carbocycles. The summed E-state index contributed by atoms with van der Waals surface area (Å²) in [6.45, 7) is 0.190. The van der Waals surface area contributed by atoms with E-state index in [0.29, 0.717) is 12.4 Å². The van der Waals surface area contributed by atoms with Gasteiger partial charge >= 0.3 is 0 Å². The third-order valence-corrected chi connectivity index (χ3v) is 3.17. The highest BCUT2D eigenvalue weighted by atomic mass is 16.6. The van der Waals surface area contributed by atoms with Crippen molar-refractivity contribution in [2.24, 2.45) is 0 Å². The number of benzene rings is 2. The summed E-state index contributed by atoms with van der Waals surface area (Å²) in [5.74, 6) is 1.39. The molecular formula is C15H14O3. The lowest BCUT2D eigenvalue weighted by Crippen LogP contribution is -2.45. The van der Waals surface area contributed by atoms with Gasteiger partial charge in [-0.25, -0.2) is 0 Å². The molecule has 1 heterocycles. The van der Waals surface area contributed by atoms with Crippen LogP contribution in [0.5, 0.6) is 11.5 Å². The van der Waals surface area contributed by atoms with E-state index < -0.39 is 5.60 Å². The molecule has 1 aliphatic rings. The topological polar surface area (TPSA) is 38.7 Å². The summed E-state index contributed by atoms with van der Waals surface area (Å²) in [5.41, 5.74) is 0.109. The Labute approximate surface area is 106 Å². The minimum Gasteiger partial charge on any atom is -0.485 e. The number of fused-ring (bicyclic) bond motifs is 1. The lowest BCUT2D eigenvalue weighted by molar-refractivity contribution is -0.0522. The van der Waals surface area contributed by atoms with Gasteiger partial charge < -0.3 is 14.6 Å². The largest absolute Gasteiger partial charge is 0.485 e. The molecule has 0 radical (unpaired) electrons. The Morgan fingerprint density at radius 1 is 0.944 bits per heavy atom. The number of para-hydroxylation sites is 2. The Morgan fingerprint density at radius 3 is 2.33 bits per heavy atom. The highest BCUT2D eigenvalue weighted by Crippen LogP contribution is 2.39. The molecule has 0 saturated carbocycles. The number of ether oxygens (including phenoxy) is 2. The van der Waals surface area contributed by atoms with E-state index in [1.54, 1.807) is 0 Å². The molecule has 1 unspecified atom stereocenters. The van der Waals surface area contributed by atoms with Crippen molar-refractivity contribution >= 4 is 0 Å². The highest BCUT2D eigenvalue weighted by Gasteiger charge is 2.39. The second-order valence-corrected chi connectivity index (χ2v) is 4.36. The predicted octanol–water partition coefficient (Wildman–Crippen LogP) is 2.35. The summed E-state index contributed by atoms with van der Waals surface area (Å²) in [4.78, 5) is 0. The zero-order valence-electron chi connectivity index (χ0n) is 9.87. The SMILES string of the molecule is OCC1(c2ccccc2)COc2ccccc2O1. The van der Waals surface area contributed by atoms with Crippen molar-refractivity contribution in [1.82, 2.24) is 0 Å². The molecule has 1 N–H and O–H groups in total. The fourth-order valence-corrected chi connectivity index (χ4v) is 2.14. The molecule has 0 saturated heterocycles. The molecule has 1 atom stereocenters. The fraction of sp³-hybridized carbons (Fsp3) is 0.200. The van der Waals surface area contributed by atoms with Crippen molar-refractivity contribution in [2.45, 2.75) is 5.60 Å². The summed E-state index contributed by atoms with van der Waals surface area (Å²) in [7, 11) is 0. The molecule has 3 heteroatoms. The van der Waals surface area contributed by atoms with Crippen LogP contribution in [0, 0.1) is 0 Å². The average Bonchev–Trinajstić information content (AvgIpc) is 2.47. The quantitative estimate of drug-likeness (QED) is 0.878. The molecule has 2 aromatic rings. The zero-order valence-corrected chi connectivity index (χ0v) is 9.87. The number of aliphatic hydroxyl groups is 1. The Bertz CT molecular complexity index is 538. The van der Waals surface area contributed by atoms with Crippen LogP contribution < -0.4 is 9.47 Å². The Balaban J connectivity index is 2.01. The summed E-state index contributed by atoms with van der Waals surface area (Å²) in [6, 6.07) is 17.2. The van der Waals surface area contributed by atoms with Crippen molar-refractivity contribution in [3.05, 3.63) is 60.2 Å². The number of hydrogen-bond donors (Lipinski definition) is 1. The first kappa shape index (κ1) is 11.1. The maximum absolute atomic E-state index is 9.72. The first-order valence-corrected chi connectivity index (χ1v) is 5.91. The Hall–Kier alpha value is -2.00. The molecule has 18 heavy (non-hydrogen) atoms. The van der Waals surface area contributed by atoms with Gasteiger partial charge in [0.1, 0.15) is 6.61 Å². The Morgan fingerprint density at radius 2 is 1.61 bits per heavy atom. The first-order valence-electron chi connectivity index (χ1n) is 5.91. The predicted molar refractivity (Wildman–Crippen MR) is 67.8 cm³/mol. The van der Waals surface area contributed by atoms with Gasteiger partial charge in [0.25, 0.3) is 0 Å². The fourth-order valence-electron chi connectivity index (χ4n) is 2.14. The van der Waals surface area contributed by atoms with Crippen LogP contribution >= 0.6 is 0 Å². The number of aliphatic hydroxyl groups excluding tert-OH is 1. The van der Waals surface area contributed by atoms with E-state index in [1.165, 1.54) is 0 Å². The lowest BCUT2D eigenvalue weighted by atomic mass is 9.94. The minimum absolute atomic E-state index is 0.120. The summed E-state index contributed by atoms with van der Waals surface area (Å²) < 4.78 is 11.7. The molecule has 3 nitrogen and oxygen atoms in total. The molecule has 1 aliphatic heterocycles. The van der Waals surface area contributed by atoms with Crippen LogP contribution in [-0.2, 0) is 5.60 Å². The molecule has 0 aromatic heterocycles. The Kier molecular flexibility index (Phi) is 2.68. The van der Waals surface area contributed by atoms with Crippen LogP contribution in [0.4, 0.5) is 0 Å². The van der Waals surface area contributed by atoms with Crippen molar-refractivity contribution < 1.29 is 14.6 Å². The maximum Gasteiger partial charge on any atom is 0.191 e. The van der Waals surface area contributed by atoms with Crippen LogP contribution in [0.15, 0.2) is 54.6 Å². The van der Waals surface area contributed by atoms with Gasteiger partial charge in [-0.2, -0.15) is 0 Å². The normalized spacial score (nSPS) is 21.6. The van der Waals surface area contributed by atoms with E-state index in [1.807, 2.05) is 54.6 Å². The third-order valence-electron chi connectivity index (χ3n) is 3.17. The van der Waals surface area contributed by atoms with Crippen LogP contribution in [-0.4, -0.2) is 18.3 Å². The number of rotatable bonds is 2. The lowest BCUT2D eigenvalue weighted by Gasteiger charge is -2.37. The summed E-state index contributed by atoms with van der Waals surface area (Å²) in [5, 5.41) is 9.72. The van der Waals surface area contributed by atoms with E-state index in [9.17, 15) is 5.11 Å². The second kappa shape index (κ2) is 4.35. The van der Waals surface area contributed by atoms with E-state index in [2.05, 4.69) is 0 Å². The van der Waals surface area contributed by atoms with Gasteiger partial charge in [0, 0.05) is 5.56 Å². The molecule has 0 amide bonds. The van der Waals surface area contributed by atoms with Gasteiger partial charge in [-0.1, -0.05) is 42.5 Å². The standard InChI is InChI=1S/C15H14O3/c16-10-15(12-6-2-1-3-7-12)11-17-13-8-4-5-9-14(13)18-15/h1-9,16H,10-11H2. The molecule has 0 aliphatic carbocycles.